The van der Waals surface area contributed by atoms with Crippen LogP contribution in [0.1, 0.15) is 58.6 Å². The normalized spacial score (nSPS) is 19.3. The number of carbonyl (C=O) groups is 1. The number of ether oxygens (including phenoxy) is 1. The Morgan fingerprint density at radius 1 is 1.18 bits per heavy atom. The summed E-state index contributed by atoms with van der Waals surface area (Å²) in [6.45, 7) is 11.5. The number of halogens is 2. The van der Waals surface area contributed by atoms with Crippen LogP contribution in [-0.4, -0.2) is 81.3 Å². The first-order valence-electron chi connectivity index (χ1n) is 17.2. The standard InChI is InChI=1S/C39H43ClFN7O2/c1-23-18-28-33(32(41)30(23)27-12-8-10-24-11-9-13-29(40)31(24)27)44-36(46-20-39(5,21-46)45(6)7)34-35(28)48(22-43-34)26-15-17-47(25(19-26)14-16-42)37(49)50-38(2,3)4/h8-13,18,22,25-26H,14-15,17,19-21H2,1-7H3/t25-,26?/m1/s1. The second kappa shape index (κ2) is 12.4. The molecule has 0 N–H and O–H groups in total. The molecule has 2 saturated heterocycles. The molecule has 0 saturated carbocycles. The number of nitriles is 1. The Morgan fingerprint density at radius 3 is 2.58 bits per heavy atom. The second-order valence-electron chi connectivity index (χ2n) is 15.3. The molecule has 2 fully saturated rings. The van der Waals surface area contributed by atoms with Gasteiger partial charge in [0.1, 0.15) is 16.6 Å². The number of amides is 1. The fraction of sp³-hybridized carbons (Fsp3) is 0.436. The number of pyridine rings is 1. The maximum Gasteiger partial charge on any atom is 0.410 e. The molecule has 1 unspecified atom stereocenters. The predicted molar refractivity (Wildman–Crippen MR) is 197 cm³/mol. The van der Waals surface area contributed by atoms with Gasteiger partial charge in [-0.3, -0.25) is 0 Å². The Kier molecular flexibility index (Phi) is 8.43. The molecule has 7 rings (SSSR count). The molecule has 5 aromatic rings. The Labute approximate surface area is 297 Å². The minimum Gasteiger partial charge on any atom is -0.444 e. The largest absolute Gasteiger partial charge is 0.444 e. The van der Waals surface area contributed by atoms with Crippen LogP contribution in [0.25, 0.3) is 43.8 Å². The molecular weight excluding hydrogens is 653 g/mol. The molecule has 260 valence electrons. The molecule has 2 aromatic heterocycles. The summed E-state index contributed by atoms with van der Waals surface area (Å²) < 4.78 is 25.1. The van der Waals surface area contributed by atoms with Crippen molar-refractivity contribution in [2.45, 2.75) is 77.1 Å². The molecule has 0 radical (unpaired) electrons. The SMILES string of the molecule is Cc1cc2c(nc(N3CC(C)(N(C)C)C3)c3ncn(C4CCN(C(=O)OC(C)(C)C)[C@H](CC#N)C4)c32)c(F)c1-c1cccc2cccc(Cl)c12. The van der Waals surface area contributed by atoms with Crippen LogP contribution in [-0.2, 0) is 4.74 Å². The molecule has 2 aliphatic rings. The third-order valence-electron chi connectivity index (χ3n) is 10.5. The number of carbonyl (C=O) groups excluding carboxylic acids is 1. The highest BCUT2D eigenvalue weighted by Gasteiger charge is 2.43. The van der Waals surface area contributed by atoms with Crippen LogP contribution in [0.4, 0.5) is 15.0 Å². The number of imidazole rings is 1. The minimum atomic E-state index is -0.647. The van der Waals surface area contributed by atoms with Gasteiger partial charge in [0, 0.05) is 53.1 Å². The van der Waals surface area contributed by atoms with Crippen molar-refractivity contribution in [3.05, 3.63) is 65.2 Å². The summed E-state index contributed by atoms with van der Waals surface area (Å²) in [6, 6.07) is 15.4. The third-order valence-corrected chi connectivity index (χ3v) is 10.8. The van der Waals surface area contributed by atoms with Crippen LogP contribution in [0.5, 0.6) is 0 Å². The van der Waals surface area contributed by atoms with Gasteiger partial charge in [0.15, 0.2) is 11.6 Å². The number of fused-ring (bicyclic) bond motifs is 4. The lowest BCUT2D eigenvalue weighted by Gasteiger charge is -2.52. The van der Waals surface area contributed by atoms with Crippen LogP contribution in [0, 0.1) is 24.1 Å². The lowest BCUT2D eigenvalue weighted by Crippen LogP contribution is -2.67. The Balaban J connectivity index is 1.40. The number of aromatic nitrogens is 3. The van der Waals surface area contributed by atoms with Crippen molar-refractivity contribution in [2.24, 2.45) is 0 Å². The van der Waals surface area contributed by atoms with Gasteiger partial charge in [-0.1, -0.05) is 41.9 Å². The van der Waals surface area contributed by atoms with Gasteiger partial charge >= 0.3 is 6.09 Å². The maximum atomic E-state index is 17.3. The highest BCUT2D eigenvalue weighted by molar-refractivity contribution is 6.36. The Morgan fingerprint density at radius 2 is 1.90 bits per heavy atom. The van der Waals surface area contributed by atoms with Crippen molar-refractivity contribution in [3.8, 4) is 17.2 Å². The van der Waals surface area contributed by atoms with E-state index in [0.717, 1.165) is 40.5 Å². The van der Waals surface area contributed by atoms with E-state index in [1.54, 1.807) is 4.90 Å². The van der Waals surface area contributed by atoms with Crippen LogP contribution < -0.4 is 4.90 Å². The zero-order valence-corrected chi connectivity index (χ0v) is 30.5. The number of benzene rings is 3. The van der Waals surface area contributed by atoms with Crippen LogP contribution in [0.2, 0.25) is 5.02 Å². The monoisotopic (exact) mass is 695 g/mol. The smallest absolute Gasteiger partial charge is 0.410 e. The van der Waals surface area contributed by atoms with Crippen LogP contribution >= 0.6 is 11.6 Å². The fourth-order valence-electron chi connectivity index (χ4n) is 7.69. The maximum absolute atomic E-state index is 17.3. The van der Waals surface area contributed by atoms with Crippen molar-refractivity contribution in [2.75, 3.05) is 38.6 Å². The van der Waals surface area contributed by atoms with E-state index in [-0.39, 0.29) is 29.6 Å². The van der Waals surface area contributed by atoms with E-state index in [4.69, 9.17) is 26.3 Å². The summed E-state index contributed by atoms with van der Waals surface area (Å²) in [5, 5.41) is 12.7. The molecule has 4 heterocycles. The summed E-state index contributed by atoms with van der Waals surface area (Å²) in [5.41, 5.74) is 3.05. The van der Waals surface area contributed by atoms with Crippen molar-refractivity contribution in [1.29, 1.82) is 5.26 Å². The Bertz CT molecular complexity index is 2190. The number of aryl methyl sites for hydroxylation is 1. The Hall–Kier alpha value is -4.46. The summed E-state index contributed by atoms with van der Waals surface area (Å²) in [4.78, 5) is 29.2. The van der Waals surface area contributed by atoms with E-state index in [2.05, 4.69) is 41.5 Å². The number of piperidine rings is 1. The second-order valence-corrected chi connectivity index (χ2v) is 15.7. The number of likely N-dealkylation sites (tertiary alicyclic amines) is 1. The topological polar surface area (TPSA) is 90.5 Å². The number of nitrogens with zero attached hydrogens (tertiary/aromatic N) is 7. The van der Waals surface area contributed by atoms with E-state index in [1.165, 1.54) is 0 Å². The van der Waals surface area contributed by atoms with E-state index in [1.807, 2.05) is 76.5 Å². The molecule has 0 aliphatic carbocycles. The first-order chi connectivity index (χ1) is 23.7. The number of anilines is 1. The number of hydrogen-bond acceptors (Lipinski definition) is 7. The highest BCUT2D eigenvalue weighted by atomic mass is 35.5. The molecule has 0 spiro atoms. The number of likely N-dealkylation sites (N-methyl/N-ethyl adjacent to an activating group) is 1. The van der Waals surface area contributed by atoms with Crippen LogP contribution in [0.15, 0.2) is 48.8 Å². The molecule has 50 heavy (non-hydrogen) atoms. The molecule has 2 aliphatic heterocycles. The zero-order valence-electron chi connectivity index (χ0n) is 29.7. The van der Waals surface area contributed by atoms with E-state index in [9.17, 15) is 10.1 Å². The fourth-order valence-corrected chi connectivity index (χ4v) is 7.97. The van der Waals surface area contributed by atoms with Gasteiger partial charge in [-0.2, -0.15) is 5.26 Å². The lowest BCUT2D eigenvalue weighted by atomic mass is 9.90. The molecule has 3 aromatic carbocycles. The lowest BCUT2D eigenvalue weighted by molar-refractivity contribution is 0.00618. The first-order valence-corrected chi connectivity index (χ1v) is 17.5. The number of rotatable bonds is 5. The third kappa shape index (κ3) is 5.70. The minimum absolute atomic E-state index is 0.0543. The molecule has 1 amide bonds. The summed E-state index contributed by atoms with van der Waals surface area (Å²) in [6.07, 6.45) is 2.75. The average Bonchev–Trinajstić information content (AvgIpc) is 3.48. The van der Waals surface area contributed by atoms with Gasteiger partial charge in [-0.15, -0.1) is 0 Å². The summed E-state index contributed by atoms with van der Waals surface area (Å²) >= 11 is 6.73. The van der Waals surface area contributed by atoms with Crippen molar-refractivity contribution in [1.82, 2.24) is 24.3 Å². The van der Waals surface area contributed by atoms with Gasteiger partial charge < -0.3 is 24.0 Å². The van der Waals surface area contributed by atoms with Gasteiger partial charge in [0.05, 0.1) is 29.9 Å². The van der Waals surface area contributed by atoms with E-state index >= 15 is 4.39 Å². The van der Waals surface area contributed by atoms with Crippen molar-refractivity contribution in [3.63, 3.8) is 0 Å². The first kappa shape index (κ1) is 34.0. The van der Waals surface area contributed by atoms with Gasteiger partial charge in [-0.05, 0) is 90.2 Å². The number of hydrogen-bond donors (Lipinski definition) is 0. The molecule has 11 heteroatoms. The zero-order chi connectivity index (χ0) is 35.7. The predicted octanol–water partition coefficient (Wildman–Crippen LogP) is 8.50. The average molecular weight is 696 g/mol. The van der Waals surface area contributed by atoms with Gasteiger partial charge in [-0.25, -0.2) is 19.2 Å². The molecule has 9 nitrogen and oxygen atoms in total. The molecular formula is C39H43ClFN7O2. The van der Waals surface area contributed by atoms with Crippen molar-refractivity contribution >= 4 is 56.2 Å². The summed E-state index contributed by atoms with van der Waals surface area (Å²) in [5.74, 6) is 0.247. The van der Waals surface area contributed by atoms with Gasteiger partial charge in [0.2, 0.25) is 0 Å². The van der Waals surface area contributed by atoms with E-state index < -0.39 is 17.5 Å². The summed E-state index contributed by atoms with van der Waals surface area (Å²) in [7, 11) is 4.14. The quantitative estimate of drug-likeness (QED) is 0.182. The molecule has 0 bridgehead atoms. The molecule has 2 atom stereocenters. The van der Waals surface area contributed by atoms with Crippen LogP contribution in [0.3, 0.4) is 0 Å². The van der Waals surface area contributed by atoms with Gasteiger partial charge in [0.25, 0.3) is 0 Å². The highest BCUT2D eigenvalue weighted by Crippen LogP contribution is 2.44. The van der Waals surface area contributed by atoms with E-state index in [0.29, 0.717) is 46.7 Å². The van der Waals surface area contributed by atoms with Crippen molar-refractivity contribution < 1.29 is 13.9 Å².